The molecule has 4 nitrogen and oxygen atoms in total. The SMILES string of the molecule is COc1ccc(C2(c3nc(CC(=O)O)cs3)CCC2)cc1. The molecule has 1 aromatic carbocycles. The molecule has 0 spiro atoms. The molecule has 1 aromatic heterocycles. The molecule has 1 saturated carbocycles. The van der Waals surface area contributed by atoms with Gasteiger partial charge in [0.2, 0.25) is 0 Å². The highest BCUT2D eigenvalue weighted by atomic mass is 32.1. The van der Waals surface area contributed by atoms with Gasteiger partial charge in [-0.3, -0.25) is 4.79 Å². The molecule has 0 amide bonds. The summed E-state index contributed by atoms with van der Waals surface area (Å²) in [6.45, 7) is 0. The van der Waals surface area contributed by atoms with E-state index in [1.807, 2.05) is 17.5 Å². The van der Waals surface area contributed by atoms with Crippen LogP contribution in [0.5, 0.6) is 5.75 Å². The molecule has 0 radical (unpaired) electrons. The zero-order chi connectivity index (χ0) is 14.9. The maximum Gasteiger partial charge on any atom is 0.309 e. The molecule has 0 saturated heterocycles. The summed E-state index contributed by atoms with van der Waals surface area (Å²) in [5.74, 6) is 0.0119. The van der Waals surface area contributed by atoms with Crippen LogP contribution in [0.15, 0.2) is 29.6 Å². The van der Waals surface area contributed by atoms with E-state index in [9.17, 15) is 4.79 Å². The van der Waals surface area contributed by atoms with Crippen molar-refractivity contribution < 1.29 is 14.6 Å². The minimum Gasteiger partial charge on any atom is -0.497 e. The average Bonchev–Trinajstić information content (AvgIpc) is 2.86. The van der Waals surface area contributed by atoms with Gasteiger partial charge in [0.05, 0.1) is 19.2 Å². The standard InChI is InChI=1S/C16H17NO3S/c1-20-13-5-3-11(4-6-13)16(7-2-8-16)15-17-12(10-21-15)9-14(18)19/h3-6,10H,2,7-9H2,1H3,(H,18,19). The van der Waals surface area contributed by atoms with Gasteiger partial charge in [-0.2, -0.15) is 0 Å². The zero-order valence-electron chi connectivity index (χ0n) is 11.8. The van der Waals surface area contributed by atoms with E-state index in [0.717, 1.165) is 23.6 Å². The maximum absolute atomic E-state index is 10.8. The van der Waals surface area contributed by atoms with E-state index >= 15 is 0 Å². The Morgan fingerprint density at radius 2 is 2.10 bits per heavy atom. The number of benzene rings is 1. The van der Waals surface area contributed by atoms with Gasteiger partial charge in [0, 0.05) is 10.8 Å². The lowest BCUT2D eigenvalue weighted by Gasteiger charge is -2.40. The van der Waals surface area contributed by atoms with Gasteiger partial charge in [0.15, 0.2) is 0 Å². The summed E-state index contributed by atoms with van der Waals surface area (Å²) < 4.78 is 5.21. The Morgan fingerprint density at radius 1 is 1.38 bits per heavy atom. The third-order valence-electron chi connectivity index (χ3n) is 4.14. The highest BCUT2D eigenvalue weighted by Crippen LogP contribution is 2.50. The molecular weight excluding hydrogens is 286 g/mol. The Hall–Kier alpha value is -1.88. The molecule has 21 heavy (non-hydrogen) atoms. The Morgan fingerprint density at radius 3 is 2.62 bits per heavy atom. The lowest BCUT2D eigenvalue weighted by atomic mass is 9.65. The lowest BCUT2D eigenvalue weighted by Crippen LogP contribution is -2.35. The molecule has 1 heterocycles. The van der Waals surface area contributed by atoms with E-state index in [4.69, 9.17) is 9.84 Å². The van der Waals surface area contributed by atoms with Gasteiger partial charge < -0.3 is 9.84 Å². The van der Waals surface area contributed by atoms with E-state index in [1.165, 1.54) is 12.0 Å². The molecule has 5 heteroatoms. The van der Waals surface area contributed by atoms with Crippen LogP contribution in [0.4, 0.5) is 0 Å². The van der Waals surface area contributed by atoms with Crippen molar-refractivity contribution in [3.05, 3.63) is 45.9 Å². The topological polar surface area (TPSA) is 59.4 Å². The summed E-state index contributed by atoms with van der Waals surface area (Å²) in [4.78, 5) is 15.4. The van der Waals surface area contributed by atoms with Crippen LogP contribution in [-0.4, -0.2) is 23.2 Å². The molecular formula is C16H17NO3S. The fourth-order valence-electron chi connectivity index (χ4n) is 2.83. The highest BCUT2D eigenvalue weighted by molar-refractivity contribution is 7.09. The van der Waals surface area contributed by atoms with Crippen molar-refractivity contribution in [3.8, 4) is 5.75 Å². The molecule has 0 unspecified atom stereocenters. The molecule has 0 bridgehead atoms. The number of rotatable bonds is 5. The van der Waals surface area contributed by atoms with Crippen molar-refractivity contribution in [1.82, 2.24) is 4.98 Å². The first-order valence-corrected chi connectivity index (χ1v) is 7.83. The van der Waals surface area contributed by atoms with Crippen LogP contribution in [0.25, 0.3) is 0 Å². The molecule has 2 aromatic rings. The van der Waals surface area contributed by atoms with Crippen LogP contribution >= 0.6 is 11.3 Å². The minimum atomic E-state index is -0.834. The van der Waals surface area contributed by atoms with Crippen molar-refractivity contribution >= 4 is 17.3 Å². The van der Waals surface area contributed by atoms with Gasteiger partial charge in [-0.15, -0.1) is 11.3 Å². The Labute approximate surface area is 127 Å². The summed E-state index contributed by atoms with van der Waals surface area (Å²) in [5.41, 5.74) is 1.86. The molecule has 3 rings (SSSR count). The first-order chi connectivity index (χ1) is 10.1. The number of carboxylic acids is 1. The second-order valence-corrected chi connectivity index (χ2v) is 6.24. The third-order valence-corrected chi connectivity index (χ3v) is 5.24. The van der Waals surface area contributed by atoms with Crippen molar-refractivity contribution in [1.29, 1.82) is 0 Å². The van der Waals surface area contributed by atoms with Gasteiger partial charge >= 0.3 is 5.97 Å². The Balaban J connectivity index is 1.92. The van der Waals surface area contributed by atoms with E-state index < -0.39 is 5.97 Å². The summed E-state index contributed by atoms with van der Waals surface area (Å²) >= 11 is 1.57. The van der Waals surface area contributed by atoms with Gasteiger partial charge in [-0.25, -0.2) is 4.98 Å². The fourth-order valence-corrected chi connectivity index (χ4v) is 3.93. The Kier molecular flexibility index (Phi) is 3.68. The first-order valence-electron chi connectivity index (χ1n) is 6.95. The molecule has 0 aliphatic heterocycles. The number of thiazole rings is 1. The number of aromatic nitrogens is 1. The number of nitrogens with zero attached hydrogens (tertiary/aromatic N) is 1. The van der Waals surface area contributed by atoms with Gasteiger partial charge in [-0.05, 0) is 30.5 Å². The number of hydrogen-bond acceptors (Lipinski definition) is 4. The third kappa shape index (κ3) is 2.53. The molecule has 1 fully saturated rings. The summed E-state index contributed by atoms with van der Waals surface area (Å²) in [7, 11) is 1.66. The van der Waals surface area contributed by atoms with Crippen LogP contribution in [0.3, 0.4) is 0 Å². The second-order valence-electron chi connectivity index (χ2n) is 5.38. The molecule has 110 valence electrons. The van der Waals surface area contributed by atoms with Crippen LogP contribution in [0, 0.1) is 0 Å². The number of aliphatic carboxylic acids is 1. The Bertz CT molecular complexity index is 644. The fraction of sp³-hybridized carbons (Fsp3) is 0.375. The maximum atomic E-state index is 10.8. The van der Waals surface area contributed by atoms with Crippen LogP contribution in [-0.2, 0) is 16.6 Å². The summed E-state index contributed by atoms with van der Waals surface area (Å²) in [6, 6.07) is 8.13. The van der Waals surface area contributed by atoms with E-state index in [1.54, 1.807) is 18.4 Å². The van der Waals surface area contributed by atoms with Gasteiger partial charge in [-0.1, -0.05) is 18.6 Å². The smallest absolute Gasteiger partial charge is 0.309 e. The molecule has 1 aliphatic rings. The van der Waals surface area contributed by atoms with E-state index in [-0.39, 0.29) is 11.8 Å². The number of ether oxygens (including phenoxy) is 1. The molecule has 0 atom stereocenters. The average molecular weight is 303 g/mol. The predicted molar refractivity (Wildman–Crippen MR) is 81.1 cm³/mol. The summed E-state index contributed by atoms with van der Waals surface area (Å²) in [6.07, 6.45) is 3.31. The van der Waals surface area contributed by atoms with Crippen molar-refractivity contribution in [2.75, 3.05) is 7.11 Å². The number of methoxy groups -OCH3 is 1. The zero-order valence-corrected chi connectivity index (χ0v) is 12.7. The monoisotopic (exact) mass is 303 g/mol. The number of carboxylic acid groups (broad SMARTS) is 1. The number of carbonyl (C=O) groups is 1. The van der Waals surface area contributed by atoms with Crippen molar-refractivity contribution in [2.24, 2.45) is 0 Å². The van der Waals surface area contributed by atoms with E-state index in [0.29, 0.717) is 5.69 Å². The van der Waals surface area contributed by atoms with Crippen LogP contribution in [0.2, 0.25) is 0 Å². The lowest BCUT2D eigenvalue weighted by molar-refractivity contribution is -0.136. The van der Waals surface area contributed by atoms with Gasteiger partial charge in [0.1, 0.15) is 10.8 Å². The molecule has 1 N–H and O–H groups in total. The quantitative estimate of drug-likeness (QED) is 0.921. The minimum absolute atomic E-state index is 0.00477. The number of hydrogen-bond donors (Lipinski definition) is 1. The first kappa shape index (κ1) is 14.1. The van der Waals surface area contributed by atoms with Crippen LogP contribution < -0.4 is 4.74 Å². The van der Waals surface area contributed by atoms with Gasteiger partial charge in [0.25, 0.3) is 0 Å². The van der Waals surface area contributed by atoms with Crippen LogP contribution in [0.1, 0.15) is 35.5 Å². The molecule has 1 aliphatic carbocycles. The van der Waals surface area contributed by atoms with Crippen molar-refractivity contribution in [2.45, 2.75) is 31.1 Å². The normalized spacial score (nSPS) is 16.2. The highest BCUT2D eigenvalue weighted by Gasteiger charge is 2.42. The largest absolute Gasteiger partial charge is 0.497 e. The van der Waals surface area contributed by atoms with Crippen molar-refractivity contribution in [3.63, 3.8) is 0 Å². The summed E-state index contributed by atoms with van der Waals surface area (Å²) in [5, 5.41) is 11.8. The van der Waals surface area contributed by atoms with E-state index in [2.05, 4.69) is 17.1 Å². The predicted octanol–water partition coefficient (Wildman–Crippen LogP) is 3.25. The second kappa shape index (κ2) is 5.48.